The molecule has 1 aromatic carbocycles. The van der Waals surface area contributed by atoms with Crippen LogP contribution in [-0.2, 0) is 6.42 Å². The van der Waals surface area contributed by atoms with Gasteiger partial charge in [-0.25, -0.2) is 9.50 Å². The predicted octanol–water partition coefficient (Wildman–Crippen LogP) is 3.41. The van der Waals surface area contributed by atoms with Crippen molar-refractivity contribution in [2.45, 2.75) is 23.9 Å². The summed E-state index contributed by atoms with van der Waals surface area (Å²) < 4.78 is 1.59. The molecule has 0 saturated carbocycles. The Labute approximate surface area is 142 Å². The van der Waals surface area contributed by atoms with Crippen LogP contribution in [0.4, 0.5) is 0 Å². The van der Waals surface area contributed by atoms with Gasteiger partial charge in [0.25, 0.3) is 5.78 Å². The Morgan fingerprint density at radius 2 is 2.17 bits per heavy atom. The Hall–Kier alpha value is -1.92. The van der Waals surface area contributed by atoms with Gasteiger partial charge in [0, 0.05) is 17.6 Å². The van der Waals surface area contributed by atoms with E-state index in [0.29, 0.717) is 34.4 Å². The van der Waals surface area contributed by atoms with Crippen LogP contribution < -0.4 is 0 Å². The average Bonchev–Trinajstić information content (AvgIpc) is 2.95. The quantitative estimate of drug-likeness (QED) is 0.667. The topological polar surface area (TPSA) is 60.1 Å². The number of rotatable bonds is 2. The van der Waals surface area contributed by atoms with Gasteiger partial charge in [-0.05, 0) is 36.3 Å². The third-order valence-corrected chi connectivity index (χ3v) is 4.84. The number of benzene rings is 1. The van der Waals surface area contributed by atoms with Gasteiger partial charge in [0.1, 0.15) is 0 Å². The van der Waals surface area contributed by atoms with E-state index in [1.54, 1.807) is 10.7 Å². The van der Waals surface area contributed by atoms with Gasteiger partial charge in [0.2, 0.25) is 5.16 Å². The molecule has 0 amide bonds. The van der Waals surface area contributed by atoms with Crippen molar-refractivity contribution in [3.8, 4) is 0 Å². The molecule has 0 bridgehead atoms. The van der Waals surface area contributed by atoms with Crippen molar-refractivity contribution in [3.63, 3.8) is 0 Å². The molecule has 7 heteroatoms. The minimum absolute atomic E-state index is 0.0897. The molecule has 0 radical (unpaired) electrons. The van der Waals surface area contributed by atoms with Crippen LogP contribution in [0, 0.1) is 0 Å². The van der Waals surface area contributed by atoms with E-state index < -0.39 is 0 Å². The van der Waals surface area contributed by atoms with Gasteiger partial charge in [0.05, 0.1) is 11.3 Å². The lowest BCUT2D eigenvalue weighted by atomic mass is 9.82. The largest absolute Gasteiger partial charge is 0.294 e. The first-order chi connectivity index (χ1) is 11.1. The molecule has 2 aromatic heterocycles. The molecule has 0 saturated heterocycles. The normalized spacial score (nSPS) is 17.5. The number of Topliss-reactive ketones (excluding diaryl/α,β-unsaturated/α-hetero) is 1. The minimum atomic E-state index is 0.0897. The number of nitrogens with zero attached hydrogens (tertiary/aromatic N) is 4. The van der Waals surface area contributed by atoms with Crippen molar-refractivity contribution in [3.05, 3.63) is 52.3 Å². The molecular formula is C16H13ClN4OS. The second-order valence-electron chi connectivity index (χ2n) is 5.53. The highest BCUT2D eigenvalue weighted by Crippen LogP contribution is 2.33. The number of aromatic nitrogens is 4. The molecule has 0 spiro atoms. The van der Waals surface area contributed by atoms with E-state index in [-0.39, 0.29) is 11.7 Å². The van der Waals surface area contributed by atoms with Gasteiger partial charge >= 0.3 is 0 Å². The standard InChI is InChI=1S/C16H13ClN4OS/c1-23-16-19-15-18-13-6-10(9-3-2-4-11(17)5-9)7-14(22)12(13)8-21(15)20-16/h2-5,8,10H,6-7H2,1H3/t10-/m0/s1. The average molecular weight is 345 g/mol. The van der Waals surface area contributed by atoms with Crippen LogP contribution in [0.15, 0.2) is 35.6 Å². The first kappa shape index (κ1) is 14.7. The molecule has 1 atom stereocenters. The summed E-state index contributed by atoms with van der Waals surface area (Å²) >= 11 is 7.53. The number of fused-ring (bicyclic) bond motifs is 2. The fourth-order valence-electron chi connectivity index (χ4n) is 2.95. The fourth-order valence-corrected chi connectivity index (χ4v) is 3.49. The molecule has 23 heavy (non-hydrogen) atoms. The molecule has 4 rings (SSSR count). The number of carbonyl (C=O) groups is 1. The third kappa shape index (κ3) is 2.62. The Kier molecular flexibility index (Phi) is 3.58. The molecule has 0 N–H and O–H groups in total. The molecular weight excluding hydrogens is 332 g/mol. The van der Waals surface area contributed by atoms with E-state index in [1.165, 1.54) is 11.8 Å². The van der Waals surface area contributed by atoms with Gasteiger partial charge in [-0.3, -0.25) is 4.79 Å². The Bertz CT molecular complexity index is 924. The van der Waals surface area contributed by atoms with E-state index in [1.807, 2.05) is 30.5 Å². The Balaban J connectivity index is 1.77. The van der Waals surface area contributed by atoms with Crippen molar-refractivity contribution < 1.29 is 4.79 Å². The van der Waals surface area contributed by atoms with Crippen LogP contribution >= 0.6 is 23.4 Å². The maximum absolute atomic E-state index is 12.5. The summed E-state index contributed by atoms with van der Waals surface area (Å²) in [6.45, 7) is 0. The number of thioether (sulfide) groups is 1. The molecule has 0 aliphatic heterocycles. The van der Waals surface area contributed by atoms with E-state index in [0.717, 1.165) is 11.3 Å². The summed E-state index contributed by atoms with van der Waals surface area (Å²) in [5.41, 5.74) is 2.51. The lowest BCUT2D eigenvalue weighted by Crippen LogP contribution is -2.21. The zero-order valence-electron chi connectivity index (χ0n) is 12.4. The molecule has 1 aliphatic carbocycles. The number of ketones is 1. The Morgan fingerprint density at radius 1 is 1.30 bits per heavy atom. The van der Waals surface area contributed by atoms with E-state index in [4.69, 9.17) is 11.6 Å². The van der Waals surface area contributed by atoms with Crippen LogP contribution in [-0.4, -0.2) is 31.6 Å². The first-order valence-electron chi connectivity index (χ1n) is 7.23. The molecule has 2 heterocycles. The summed E-state index contributed by atoms with van der Waals surface area (Å²) in [6.07, 6.45) is 4.83. The summed E-state index contributed by atoms with van der Waals surface area (Å²) in [4.78, 5) is 21.4. The SMILES string of the molecule is CSc1nc2nc3c(cn2n1)C(=O)C[C@@H](c1cccc(Cl)c1)C3. The van der Waals surface area contributed by atoms with Crippen molar-refractivity contribution in [2.75, 3.05) is 6.26 Å². The number of halogens is 1. The lowest BCUT2D eigenvalue weighted by Gasteiger charge is -2.23. The highest BCUT2D eigenvalue weighted by molar-refractivity contribution is 7.98. The second-order valence-corrected chi connectivity index (χ2v) is 6.74. The monoisotopic (exact) mass is 344 g/mol. The second kappa shape index (κ2) is 5.62. The summed E-state index contributed by atoms with van der Waals surface area (Å²) in [7, 11) is 0. The highest BCUT2D eigenvalue weighted by atomic mass is 35.5. The number of hydrogen-bond acceptors (Lipinski definition) is 5. The van der Waals surface area contributed by atoms with Crippen LogP contribution in [0.3, 0.4) is 0 Å². The molecule has 1 aliphatic rings. The van der Waals surface area contributed by atoms with Crippen molar-refractivity contribution in [2.24, 2.45) is 0 Å². The molecule has 116 valence electrons. The van der Waals surface area contributed by atoms with Gasteiger partial charge in [-0.2, -0.15) is 4.98 Å². The van der Waals surface area contributed by atoms with E-state index in [9.17, 15) is 4.79 Å². The van der Waals surface area contributed by atoms with Gasteiger partial charge in [-0.1, -0.05) is 35.5 Å². The maximum Gasteiger partial charge on any atom is 0.253 e. The van der Waals surface area contributed by atoms with Crippen molar-refractivity contribution >= 4 is 34.9 Å². The summed E-state index contributed by atoms with van der Waals surface area (Å²) in [5.74, 6) is 0.728. The summed E-state index contributed by atoms with van der Waals surface area (Å²) in [5, 5.41) is 5.64. The highest BCUT2D eigenvalue weighted by Gasteiger charge is 2.28. The predicted molar refractivity (Wildman–Crippen MR) is 89.4 cm³/mol. The van der Waals surface area contributed by atoms with Crippen molar-refractivity contribution in [1.82, 2.24) is 19.6 Å². The fraction of sp³-hybridized carbons (Fsp3) is 0.250. The molecule has 0 unspecified atom stereocenters. The van der Waals surface area contributed by atoms with Gasteiger partial charge in [0.15, 0.2) is 5.78 Å². The lowest BCUT2D eigenvalue weighted by molar-refractivity contribution is 0.0962. The van der Waals surface area contributed by atoms with Crippen molar-refractivity contribution in [1.29, 1.82) is 0 Å². The summed E-state index contributed by atoms with van der Waals surface area (Å²) in [6, 6.07) is 7.69. The van der Waals surface area contributed by atoms with Crippen LogP contribution in [0.1, 0.15) is 34.0 Å². The zero-order valence-corrected chi connectivity index (χ0v) is 13.9. The molecule has 0 fully saturated rings. The van der Waals surface area contributed by atoms with E-state index >= 15 is 0 Å². The smallest absolute Gasteiger partial charge is 0.253 e. The van der Waals surface area contributed by atoms with Crippen LogP contribution in [0.5, 0.6) is 0 Å². The van der Waals surface area contributed by atoms with Crippen LogP contribution in [0.2, 0.25) is 5.02 Å². The van der Waals surface area contributed by atoms with Crippen LogP contribution in [0.25, 0.3) is 5.78 Å². The maximum atomic E-state index is 12.5. The van der Waals surface area contributed by atoms with Gasteiger partial charge < -0.3 is 0 Å². The Morgan fingerprint density at radius 3 is 2.96 bits per heavy atom. The van der Waals surface area contributed by atoms with E-state index in [2.05, 4.69) is 15.1 Å². The number of carbonyl (C=O) groups excluding carboxylic acids is 1. The first-order valence-corrected chi connectivity index (χ1v) is 8.83. The third-order valence-electron chi connectivity index (χ3n) is 4.07. The molecule has 3 aromatic rings. The van der Waals surface area contributed by atoms with Gasteiger partial charge in [-0.15, -0.1) is 5.10 Å². The zero-order chi connectivity index (χ0) is 16.0. The molecule has 5 nitrogen and oxygen atoms in total. The minimum Gasteiger partial charge on any atom is -0.294 e. The number of hydrogen-bond donors (Lipinski definition) is 0.